The van der Waals surface area contributed by atoms with Gasteiger partial charge in [-0.1, -0.05) is 127 Å². The van der Waals surface area contributed by atoms with E-state index < -0.39 is 0 Å². The van der Waals surface area contributed by atoms with Gasteiger partial charge in [-0.2, -0.15) is 0 Å². The standard InChI is InChI=1S/C50H28N4O2/c1-2-12-31(13-3-1)50-51-40-26-24-30-23-25-36-39(28-33-15-6-7-16-35(33)45(36)43(30)46(40)56-50)49-53-47(34-22-21-29-11-4-5-14-32(29)27-34)52-48(54-49)38-18-10-20-42-44(38)37-17-8-9-19-41(37)55-42/h1-28H. The van der Waals surface area contributed by atoms with Crippen LogP contribution in [0.1, 0.15) is 0 Å². The molecule has 260 valence electrons. The minimum Gasteiger partial charge on any atom is -0.456 e. The smallest absolute Gasteiger partial charge is 0.227 e. The Balaban J connectivity index is 1.18. The zero-order valence-electron chi connectivity index (χ0n) is 29.8. The quantitative estimate of drug-likeness (QED) is 0.169. The van der Waals surface area contributed by atoms with Crippen LogP contribution in [0.3, 0.4) is 0 Å². The largest absolute Gasteiger partial charge is 0.456 e. The fourth-order valence-corrected chi connectivity index (χ4v) is 8.31. The zero-order chi connectivity index (χ0) is 36.7. The maximum absolute atomic E-state index is 6.67. The molecule has 6 heteroatoms. The summed E-state index contributed by atoms with van der Waals surface area (Å²) in [4.78, 5) is 20.8. The van der Waals surface area contributed by atoms with Gasteiger partial charge in [0.25, 0.3) is 0 Å². The Bertz CT molecular complexity index is 3550. The van der Waals surface area contributed by atoms with Crippen molar-refractivity contribution >= 4 is 76.1 Å². The second-order valence-electron chi connectivity index (χ2n) is 14.2. The van der Waals surface area contributed by atoms with E-state index in [1.807, 2.05) is 66.7 Å². The highest BCUT2D eigenvalue weighted by atomic mass is 16.3. The van der Waals surface area contributed by atoms with Crippen LogP contribution in [-0.4, -0.2) is 19.9 Å². The fourth-order valence-electron chi connectivity index (χ4n) is 8.31. The van der Waals surface area contributed by atoms with Gasteiger partial charge in [0, 0.05) is 43.8 Å². The Labute approximate surface area is 319 Å². The molecule has 0 saturated heterocycles. The van der Waals surface area contributed by atoms with E-state index in [0.29, 0.717) is 23.4 Å². The molecular weight excluding hydrogens is 689 g/mol. The maximum atomic E-state index is 6.67. The second-order valence-corrected chi connectivity index (χ2v) is 14.2. The van der Waals surface area contributed by atoms with E-state index in [1.165, 1.54) is 0 Å². The first-order chi connectivity index (χ1) is 27.7. The summed E-state index contributed by atoms with van der Waals surface area (Å²) in [7, 11) is 0. The number of para-hydroxylation sites is 1. The van der Waals surface area contributed by atoms with Crippen molar-refractivity contribution in [2.24, 2.45) is 0 Å². The van der Waals surface area contributed by atoms with E-state index in [-0.39, 0.29) is 0 Å². The number of oxazole rings is 1. The Morgan fingerprint density at radius 3 is 1.93 bits per heavy atom. The number of benzene rings is 9. The number of rotatable bonds is 4. The van der Waals surface area contributed by atoms with E-state index in [1.54, 1.807) is 0 Å². The van der Waals surface area contributed by atoms with Gasteiger partial charge in [-0.05, 0) is 74.8 Å². The van der Waals surface area contributed by atoms with Crippen molar-refractivity contribution in [2.45, 2.75) is 0 Å². The predicted molar refractivity (Wildman–Crippen MR) is 226 cm³/mol. The molecule has 9 aromatic carbocycles. The third-order valence-electron chi connectivity index (χ3n) is 10.9. The first-order valence-corrected chi connectivity index (χ1v) is 18.6. The fraction of sp³-hybridized carbons (Fsp3) is 0. The van der Waals surface area contributed by atoms with E-state index in [2.05, 4.69) is 103 Å². The Hall–Kier alpha value is -7.70. The summed E-state index contributed by atoms with van der Waals surface area (Å²) in [6, 6.07) is 58.2. The normalized spacial score (nSPS) is 11.9. The molecule has 12 aromatic rings. The number of hydrogen-bond donors (Lipinski definition) is 0. The van der Waals surface area contributed by atoms with Gasteiger partial charge in [0.1, 0.15) is 16.7 Å². The molecule has 6 nitrogen and oxygen atoms in total. The number of nitrogens with zero attached hydrogens (tertiary/aromatic N) is 4. The Kier molecular flexibility index (Phi) is 6.53. The van der Waals surface area contributed by atoms with Gasteiger partial charge in [-0.3, -0.25) is 0 Å². The molecule has 0 N–H and O–H groups in total. The minimum absolute atomic E-state index is 0.572. The first kappa shape index (κ1) is 30.7. The van der Waals surface area contributed by atoms with Crippen LogP contribution in [0, 0.1) is 0 Å². The summed E-state index contributed by atoms with van der Waals surface area (Å²) in [5.74, 6) is 2.33. The van der Waals surface area contributed by atoms with E-state index in [9.17, 15) is 0 Å². The third-order valence-corrected chi connectivity index (χ3v) is 10.9. The van der Waals surface area contributed by atoms with Crippen molar-refractivity contribution < 1.29 is 8.83 Å². The monoisotopic (exact) mass is 716 g/mol. The summed E-state index contributed by atoms with van der Waals surface area (Å²) in [5, 5.41) is 10.6. The lowest BCUT2D eigenvalue weighted by Crippen LogP contribution is -2.01. The molecule has 0 amide bonds. The van der Waals surface area contributed by atoms with Crippen LogP contribution in [0.5, 0.6) is 0 Å². The van der Waals surface area contributed by atoms with Gasteiger partial charge in [0.15, 0.2) is 23.1 Å². The number of furan rings is 1. The summed E-state index contributed by atoms with van der Waals surface area (Å²) >= 11 is 0. The van der Waals surface area contributed by atoms with Crippen molar-refractivity contribution in [1.29, 1.82) is 0 Å². The average Bonchev–Trinajstić information content (AvgIpc) is 3.88. The van der Waals surface area contributed by atoms with Crippen LogP contribution < -0.4 is 0 Å². The van der Waals surface area contributed by atoms with Crippen LogP contribution in [0.2, 0.25) is 0 Å². The average molecular weight is 717 g/mol. The highest BCUT2D eigenvalue weighted by molar-refractivity contribution is 6.28. The first-order valence-electron chi connectivity index (χ1n) is 18.6. The van der Waals surface area contributed by atoms with Crippen LogP contribution in [-0.2, 0) is 0 Å². The van der Waals surface area contributed by atoms with Gasteiger partial charge in [0.2, 0.25) is 5.89 Å². The molecule has 0 aliphatic carbocycles. The third kappa shape index (κ3) is 4.69. The lowest BCUT2D eigenvalue weighted by Gasteiger charge is -2.14. The number of fused-ring (bicyclic) bond motifs is 11. The molecule has 3 aromatic heterocycles. The topological polar surface area (TPSA) is 77.8 Å². The van der Waals surface area contributed by atoms with Crippen LogP contribution in [0.4, 0.5) is 0 Å². The highest BCUT2D eigenvalue weighted by Gasteiger charge is 2.22. The molecule has 0 aliphatic heterocycles. The van der Waals surface area contributed by atoms with Crippen molar-refractivity contribution in [1.82, 2.24) is 19.9 Å². The molecule has 0 fully saturated rings. The summed E-state index contributed by atoms with van der Waals surface area (Å²) < 4.78 is 13.0. The van der Waals surface area contributed by atoms with Crippen molar-refractivity contribution in [2.75, 3.05) is 0 Å². The minimum atomic E-state index is 0.572. The SMILES string of the molecule is c1ccc(-c2nc3ccc4ccc5c(-c6nc(-c7ccc8ccccc8c7)nc(-c7cccc8oc9ccccc9c78)n6)cc6ccccc6c5c4c3o2)cc1. The van der Waals surface area contributed by atoms with E-state index in [4.69, 9.17) is 28.8 Å². The lowest BCUT2D eigenvalue weighted by molar-refractivity contribution is 0.623. The number of hydrogen-bond acceptors (Lipinski definition) is 6. The van der Waals surface area contributed by atoms with Gasteiger partial charge < -0.3 is 8.83 Å². The van der Waals surface area contributed by atoms with Crippen LogP contribution in [0.25, 0.3) is 122 Å². The van der Waals surface area contributed by atoms with Crippen molar-refractivity contribution in [3.8, 4) is 45.6 Å². The second kappa shape index (κ2) is 11.9. The molecule has 0 spiro atoms. The molecule has 56 heavy (non-hydrogen) atoms. The molecule has 0 bridgehead atoms. The molecule has 3 heterocycles. The molecule has 0 saturated carbocycles. The van der Waals surface area contributed by atoms with Gasteiger partial charge >= 0.3 is 0 Å². The van der Waals surface area contributed by atoms with Crippen molar-refractivity contribution in [3.05, 3.63) is 170 Å². The molecule has 0 radical (unpaired) electrons. The summed E-state index contributed by atoms with van der Waals surface area (Å²) in [6.45, 7) is 0. The molecular formula is C50H28N4O2. The predicted octanol–water partition coefficient (Wildman–Crippen LogP) is 13.2. The van der Waals surface area contributed by atoms with E-state index >= 15 is 0 Å². The summed E-state index contributed by atoms with van der Waals surface area (Å²) in [5.41, 5.74) is 6.78. The van der Waals surface area contributed by atoms with Crippen LogP contribution in [0.15, 0.2) is 179 Å². The maximum Gasteiger partial charge on any atom is 0.227 e. The Morgan fingerprint density at radius 1 is 0.339 bits per heavy atom. The summed E-state index contributed by atoms with van der Waals surface area (Å²) in [6.07, 6.45) is 0. The molecule has 0 unspecified atom stereocenters. The highest BCUT2D eigenvalue weighted by Crippen LogP contribution is 2.43. The Morgan fingerprint density at radius 2 is 1.04 bits per heavy atom. The molecule has 0 atom stereocenters. The molecule has 0 aliphatic rings. The van der Waals surface area contributed by atoms with Gasteiger partial charge in [-0.15, -0.1) is 0 Å². The number of aromatic nitrogens is 4. The zero-order valence-corrected chi connectivity index (χ0v) is 29.8. The van der Waals surface area contributed by atoms with Gasteiger partial charge in [-0.25, -0.2) is 19.9 Å². The van der Waals surface area contributed by atoms with E-state index in [0.717, 1.165) is 98.4 Å². The lowest BCUT2D eigenvalue weighted by atomic mass is 9.92. The van der Waals surface area contributed by atoms with Crippen LogP contribution >= 0.6 is 0 Å². The van der Waals surface area contributed by atoms with Crippen molar-refractivity contribution in [3.63, 3.8) is 0 Å². The van der Waals surface area contributed by atoms with Gasteiger partial charge in [0.05, 0.1) is 0 Å². The molecule has 12 rings (SSSR count).